The molecule has 1 aliphatic rings. The molecular formula is C13H20O2. The van der Waals surface area contributed by atoms with Crippen molar-refractivity contribution in [2.75, 3.05) is 6.61 Å². The third kappa shape index (κ3) is 3.90. The maximum absolute atomic E-state index is 11.7. The summed E-state index contributed by atoms with van der Waals surface area (Å²) in [4.78, 5) is 11.7. The van der Waals surface area contributed by atoms with E-state index in [0.29, 0.717) is 6.61 Å². The Bertz CT molecular complexity index is 253. The smallest absolute Gasteiger partial charge is 0.162 e. The van der Waals surface area contributed by atoms with Crippen molar-refractivity contribution in [3.05, 3.63) is 24.5 Å². The molecule has 0 saturated heterocycles. The first-order valence-corrected chi connectivity index (χ1v) is 5.76. The summed E-state index contributed by atoms with van der Waals surface area (Å²) in [6.07, 6.45) is 8.52. The number of ketones is 1. The van der Waals surface area contributed by atoms with Crippen LogP contribution in [0.3, 0.4) is 0 Å². The van der Waals surface area contributed by atoms with Gasteiger partial charge in [0.15, 0.2) is 5.78 Å². The lowest BCUT2D eigenvalue weighted by Crippen LogP contribution is -2.18. The van der Waals surface area contributed by atoms with Crippen LogP contribution in [0.25, 0.3) is 0 Å². The summed E-state index contributed by atoms with van der Waals surface area (Å²) in [6.45, 7) is 6.28. The maximum atomic E-state index is 11.7. The van der Waals surface area contributed by atoms with E-state index in [1.165, 1.54) is 0 Å². The van der Waals surface area contributed by atoms with E-state index in [1.54, 1.807) is 6.08 Å². The number of carbonyl (C=O) groups excluding carboxylic acids is 1. The minimum absolute atomic E-state index is 0.217. The largest absolute Gasteiger partial charge is 0.498 e. The fraction of sp³-hybridized carbons (Fsp3) is 0.615. The van der Waals surface area contributed by atoms with E-state index in [-0.39, 0.29) is 11.7 Å². The van der Waals surface area contributed by atoms with Crippen molar-refractivity contribution in [3.8, 4) is 0 Å². The zero-order chi connectivity index (χ0) is 11.1. The third-order valence-corrected chi connectivity index (χ3v) is 2.74. The maximum Gasteiger partial charge on any atom is 0.162 e. The molecule has 1 unspecified atom stereocenters. The Morgan fingerprint density at radius 2 is 2.47 bits per heavy atom. The Hall–Kier alpha value is -1.05. The topological polar surface area (TPSA) is 26.3 Å². The van der Waals surface area contributed by atoms with Gasteiger partial charge in [0.1, 0.15) is 0 Å². The molecule has 1 rings (SSSR count). The van der Waals surface area contributed by atoms with Crippen LogP contribution >= 0.6 is 0 Å². The number of rotatable bonds is 6. The fourth-order valence-corrected chi connectivity index (χ4v) is 1.90. The SMILES string of the molecule is C=CCCCC1CCC(OCC)=CC1=O. The number of allylic oxidation sites excluding steroid dienone is 3. The first-order valence-electron chi connectivity index (χ1n) is 5.76. The average molecular weight is 208 g/mol. The molecule has 0 saturated carbocycles. The standard InChI is InChI=1S/C13H20O2/c1-3-5-6-7-11-8-9-12(15-4-2)10-13(11)14/h3,10-11H,1,4-9H2,2H3. The summed E-state index contributed by atoms with van der Waals surface area (Å²) < 4.78 is 5.35. The molecule has 0 amide bonds. The highest BCUT2D eigenvalue weighted by Gasteiger charge is 2.22. The Kier molecular flexibility index (Phi) is 5.16. The molecule has 0 aromatic heterocycles. The number of hydrogen-bond acceptors (Lipinski definition) is 2. The summed E-state index contributed by atoms with van der Waals surface area (Å²) in [5.41, 5.74) is 0. The van der Waals surface area contributed by atoms with Gasteiger partial charge in [-0.25, -0.2) is 0 Å². The molecule has 1 atom stereocenters. The van der Waals surface area contributed by atoms with Gasteiger partial charge in [0.25, 0.3) is 0 Å². The van der Waals surface area contributed by atoms with Gasteiger partial charge in [-0.3, -0.25) is 4.79 Å². The highest BCUT2D eigenvalue weighted by molar-refractivity contribution is 5.92. The summed E-state index contributed by atoms with van der Waals surface area (Å²) in [5.74, 6) is 1.32. The third-order valence-electron chi connectivity index (χ3n) is 2.74. The van der Waals surface area contributed by atoms with Crippen molar-refractivity contribution in [1.29, 1.82) is 0 Å². The molecule has 0 fully saturated rings. The van der Waals surface area contributed by atoms with Crippen molar-refractivity contribution in [2.24, 2.45) is 5.92 Å². The van der Waals surface area contributed by atoms with Crippen molar-refractivity contribution >= 4 is 5.78 Å². The lowest BCUT2D eigenvalue weighted by Gasteiger charge is -2.20. The Morgan fingerprint density at radius 1 is 1.67 bits per heavy atom. The first kappa shape index (κ1) is 12.0. The minimum atomic E-state index is 0.217. The van der Waals surface area contributed by atoms with Crippen LogP contribution in [0.4, 0.5) is 0 Å². The van der Waals surface area contributed by atoms with Crippen LogP contribution < -0.4 is 0 Å². The zero-order valence-corrected chi connectivity index (χ0v) is 9.50. The zero-order valence-electron chi connectivity index (χ0n) is 9.50. The van der Waals surface area contributed by atoms with E-state index >= 15 is 0 Å². The highest BCUT2D eigenvalue weighted by atomic mass is 16.5. The van der Waals surface area contributed by atoms with E-state index in [4.69, 9.17) is 4.74 Å². The van der Waals surface area contributed by atoms with Crippen LogP contribution in [0, 0.1) is 5.92 Å². The summed E-state index contributed by atoms with van der Waals surface area (Å²) in [5, 5.41) is 0. The van der Waals surface area contributed by atoms with Gasteiger partial charge in [-0.2, -0.15) is 0 Å². The summed E-state index contributed by atoms with van der Waals surface area (Å²) in [7, 11) is 0. The van der Waals surface area contributed by atoms with Gasteiger partial charge < -0.3 is 4.74 Å². The van der Waals surface area contributed by atoms with Crippen molar-refractivity contribution in [1.82, 2.24) is 0 Å². The Labute approximate surface area is 92.0 Å². The number of ether oxygens (including phenoxy) is 1. The van der Waals surface area contributed by atoms with Gasteiger partial charge in [0, 0.05) is 18.4 Å². The molecule has 15 heavy (non-hydrogen) atoms. The lowest BCUT2D eigenvalue weighted by molar-refractivity contribution is -0.119. The van der Waals surface area contributed by atoms with Crippen molar-refractivity contribution < 1.29 is 9.53 Å². The van der Waals surface area contributed by atoms with E-state index in [9.17, 15) is 4.79 Å². The molecular weight excluding hydrogens is 188 g/mol. The second-order valence-electron chi connectivity index (χ2n) is 3.90. The lowest BCUT2D eigenvalue weighted by atomic mass is 9.88. The monoisotopic (exact) mass is 208 g/mol. The van der Waals surface area contributed by atoms with Gasteiger partial charge >= 0.3 is 0 Å². The van der Waals surface area contributed by atoms with Gasteiger partial charge in [-0.05, 0) is 32.6 Å². The fourth-order valence-electron chi connectivity index (χ4n) is 1.90. The van der Waals surface area contributed by atoms with Crippen molar-refractivity contribution in [2.45, 2.75) is 39.0 Å². The number of hydrogen-bond donors (Lipinski definition) is 0. The molecule has 0 bridgehead atoms. The van der Waals surface area contributed by atoms with Crippen LogP contribution in [-0.4, -0.2) is 12.4 Å². The molecule has 0 aliphatic heterocycles. The number of carbonyl (C=O) groups is 1. The second kappa shape index (κ2) is 6.44. The summed E-state index contributed by atoms with van der Waals surface area (Å²) >= 11 is 0. The molecule has 0 aromatic rings. The van der Waals surface area contributed by atoms with Gasteiger partial charge in [0.05, 0.1) is 12.4 Å². The molecule has 0 N–H and O–H groups in total. The summed E-state index contributed by atoms with van der Waals surface area (Å²) in [6, 6.07) is 0. The van der Waals surface area contributed by atoms with E-state index in [0.717, 1.165) is 37.9 Å². The van der Waals surface area contributed by atoms with Crippen LogP contribution in [0.5, 0.6) is 0 Å². The molecule has 0 heterocycles. The molecule has 0 spiro atoms. The van der Waals surface area contributed by atoms with Crippen LogP contribution in [0.2, 0.25) is 0 Å². The predicted octanol–water partition coefficient (Wildman–Crippen LogP) is 3.24. The molecule has 84 valence electrons. The van der Waals surface area contributed by atoms with Crippen LogP contribution in [0.15, 0.2) is 24.5 Å². The molecule has 0 aromatic carbocycles. The molecule has 0 radical (unpaired) electrons. The van der Waals surface area contributed by atoms with Crippen molar-refractivity contribution in [3.63, 3.8) is 0 Å². The quantitative estimate of drug-likeness (QED) is 0.495. The molecule has 1 aliphatic carbocycles. The van der Waals surface area contributed by atoms with Gasteiger partial charge in [0.2, 0.25) is 0 Å². The molecule has 2 heteroatoms. The first-order chi connectivity index (χ1) is 7.27. The van der Waals surface area contributed by atoms with Gasteiger partial charge in [-0.1, -0.05) is 6.08 Å². The Balaban J connectivity index is 2.38. The second-order valence-corrected chi connectivity index (χ2v) is 3.90. The predicted molar refractivity (Wildman–Crippen MR) is 61.5 cm³/mol. The van der Waals surface area contributed by atoms with E-state index in [2.05, 4.69) is 6.58 Å². The van der Waals surface area contributed by atoms with Crippen LogP contribution in [0.1, 0.15) is 39.0 Å². The normalized spacial score (nSPS) is 21.0. The Morgan fingerprint density at radius 3 is 3.07 bits per heavy atom. The van der Waals surface area contributed by atoms with Gasteiger partial charge in [-0.15, -0.1) is 6.58 Å². The average Bonchev–Trinajstić information content (AvgIpc) is 2.22. The molecule has 2 nitrogen and oxygen atoms in total. The minimum Gasteiger partial charge on any atom is -0.498 e. The van der Waals surface area contributed by atoms with E-state index < -0.39 is 0 Å². The van der Waals surface area contributed by atoms with E-state index in [1.807, 2.05) is 13.0 Å². The van der Waals surface area contributed by atoms with Crippen LogP contribution in [-0.2, 0) is 9.53 Å². The number of unbranched alkanes of at least 4 members (excludes halogenated alkanes) is 1. The highest BCUT2D eigenvalue weighted by Crippen LogP contribution is 2.25.